The van der Waals surface area contributed by atoms with Crippen molar-refractivity contribution in [3.63, 3.8) is 0 Å². The molecular formula is C15H18N4O2. The fraction of sp³-hybridized carbons (Fsp3) is 0.400. The van der Waals surface area contributed by atoms with Crippen LogP contribution in [0.25, 0.3) is 0 Å². The monoisotopic (exact) mass is 286 g/mol. The molecule has 2 aromatic rings. The lowest BCUT2D eigenvalue weighted by molar-refractivity contribution is 0.0932. The van der Waals surface area contributed by atoms with E-state index in [4.69, 9.17) is 0 Å². The second kappa shape index (κ2) is 5.20. The summed E-state index contributed by atoms with van der Waals surface area (Å²) in [7, 11) is 0. The number of carbonyl (C=O) groups is 1. The number of aromatic nitrogens is 3. The van der Waals surface area contributed by atoms with Crippen LogP contribution in [0.4, 0.5) is 0 Å². The predicted molar refractivity (Wildman–Crippen MR) is 78.4 cm³/mol. The Morgan fingerprint density at radius 2 is 2.24 bits per heavy atom. The van der Waals surface area contributed by atoms with Gasteiger partial charge < -0.3 is 10.3 Å². The summed E-state index contributed by atoms with van der Waals surface area (Å²) in [5, 5.41) is 9.94. The molecule has 1 amide bonds. The number of fused-ring (bicyclic) bond motifs is 1. The third kappa shape index (κ3) is 2.61. The van der Waals surface area contributed by atoms with Crippen molar-refractivity contribution in [1.29, 1.82) is 0 Å². The van der Waals surface area contributed by atoms with Gasteiger partial charge in [-0.2, -0.15) is 5.10 Å². The van der Waals surface area contributed by atoms with Crippen LogP contribution in [0.1, 0.15) is 39.3 Å². The fourth-order valence-corrected chi connectivity index (χ4v) is 2.70. The Bertz CT molecular complexity index is 744. The minimum atomic E-state index is -0.338. The van der Waals surface area contributed by atoms with Gasteiger partial charge in [-0.3, -0.25) is 14.7 Å². The molecule has 3 rings (SSSR count). The van der Waals surface area contributed by atoms with E-state index in [0.29, 0.717) is 0 Å². The third-order valence-electron chi connectivity index (χ3n) is 4.09. The van der Waals surface area contributed by atoms with Gasteiger partial charge in [-0.05, 0) is 50.3 Å². The van der Waals surface area contributed by atoms with E-state index in [1.165, 1.54) is 0 Å². The number of amides is 1. The summed E-state index contributed by atoms with van der Waals surface area (Å²) in [6.45, 7) is 3.69. The standard InChI is InChI=1S/C15H18N4O2/c1-8-5-12(14(20)17-9(8)2)15(21)18-11-3-4-13-10(6-11)7-16-19-13/h5,7,11H,3-4,6H2,1-2H3,(H,16,19)(H,17,20)(H,18,21)/t11-/m0/s1. The van der Waals surface area contributed by atoms with E-state index in [9.17, 15) is 9.59 Å². The number of nitrogens with one attached hydrogen (secondary N) is 3. The van der Waals surface area contributed by atoms with Gasteiger partial charge in [0.2, 0.25) is 0 Å². The lowest BCUT2D eigenvalue weighted by atomic mass is 9.93. The Labute approximate surface area is 122 Å². The second-order valence-corrected chi connectivity index (χ2v) is 5.61. The van der Waals surface area contributed by atoms with Gasteiger partial charge in [-0.1, -0.05) is 0 Å². The Kier molecular flexibility index (Phi) is 3.37. The van der Waals surface area contributed by atoms with Crippen molar-refractivity contribution in [3.8, 4) is 0 Å². The molecule has 6 heteroatoms. The van der Waals surface area contributed by atoms with Crippen LogP contribution in [0.15, 0.2) is 17.1 Å². The largest absolute Gasteiger partial charge is 0.349 e. The quantitative estimate of drug-likeness (QED) is 0.769. The smallest absolute Gasteiger partial charge is 0.261 e. The highest BCUT2D eigenvalue weighted by molar-refractivity contribution is 5.94. The zero-order valence-electron chi connectivity index (χ0n) is 12.1. The Morgan fingerprint density at radius 3 is 3.05 bits per heavy atom. The zero-order valence-corrected chi connectivity index (χ0v) is 12.1. The number of pyridine rings is 1. The average molecular weight is 286 g/mol. The highest BCUT2D eigenvalue weighted by Gasteiger charge is 2.23. The SMILES string of the molecule is Cc1cc(C(=O)N[C@H]2CCc3[nH]ncc3C2)c(=O)[nH]c1C. The summed E-state index contributed by atoms with van der Waals surface area (Å²) < 4.78 is 0. The summed E-state index contributed by atoms with van der Waals surface area (Å²) in [5.74, 6) is -0.309. The summed E-state index contributed by atoms with van der Waals surface area (Å²) >= 11 is 0. The molecule has 6 nitrogen and oxygen atoms in total. The molecule has 0 radical (unpaired) electrons. The van der Waals surface area contributed by atoms with Crippen LogP contribution < -0.4 is 10.9 Å². The first-order valence-corrected chi connectivity index (χ1v) is 7.07. The molecule has 21 heavy (non-hydrogen) atoms. The van der Waals surface area contributed by atoms with Gasteiger partial charge in [0.1, 0.15) is 5.56 Å². The lowest BCUT2D eigenvalue weighted by Crippen LogP contribution is -2.40. The first kappa shape index (κ1) is 13.6. The van der Waals surface area contributed by atoms with Crippen molar-refractivity contribution in [2.24, 2.45) is 0 Å². The highest BCUT2D eigenvalue weighted by Crippen LogP contribution is 2.19. The number of aryl methyl sites for hydroxylation is 3. The van der Waals surface area contributed by atoms with Gasteiger partial charge in [0, 0.05) is 17.4 Å². The van der Waals surface area contributed by atoms with Crippen molar-refractivity contribution in [3.05, 3.63) is 50.7 Å². The van der Waals surface area contributed by atoms with Crippen molar-refractivity contribution in [1.82, 2.24) is 20.5 Å². The molecule has 1 atom stereocenters. The molecule has 0 saturated carbocycles. The Balaban J connectivity index is 1.76. The molecule has 0 aromatic carbocycles. The van der Waals surface area contributed by atoms with Crippen LogP contribution in [0.2, 0.25) is 0 Å². The van der Waals surface area contributed by atoms with E-state index in [1.807, 2.05) is 13.8 Å². The number of hydrogen-bond acceptors (Lipinski definition) is 3. The Morgan fingerprint density at radius 1 is 1.43 bits per heavy atom. The molecule has 2 heterocycles. The number of H-pyrrole nitrogens is 2. The topological polar surface area (TPSA) is 90.6 Å². The zero-order chi connectivity index (χ0) is 15.0. The minimum absolute atomic E-state index is 0.0450. The molecule has 0 fully saturated rings. The van der Waals surface area contributed by atoms with Gasteiger partial charge in [0.15, 0.2) is 0 Å². The molecule has 0 aliphatic heterocycles. The van der Waals surface area contributed by atoms with Gasteiger partial charge in [0.25, 0.3) is 11.5 Å². The predicted octanol–water partition coefficient (Wildman–Crippen LogP) is 1.00. The van der Waals surface area contributed by atoms with Crippen molar-refractivity contribution in [2.75, 3.05) is 0 Å². The maximum atomic E-state index is 12.3. The van der Waals surface area contributed by atoms with Gasteiger partial charge in [-0.25, -0.2) is 0 Å². The molecule has 2 aromatic heterocycles. The molecule has 110 valence electrons. The van der Waals surface area contributed by atoms with Crippen LogP contribution in [-0.2, 0) is 12.8 Å². The van der Waals surface area contributed by atoms with E-state index in [1.54, 1.807) is 12.3 Å². The first-order valence-electron chi connectivity index (χ1n) is 7.07. The van der Waals surface area contributed by atoms with E-state index < -0.39 is 0 Å². The fourth-order valence-electron chi connectivity index (χ4n) is 2.70. The average Bonchev–Trinajstić information content (AvgIpc) is 2.90. The van der Waals surface area contributed by atoms with E-state index in [-0.39, 0.29) is 23.1 Å². The van der Waals surface area contributed by atoms with Crippen molar-refractivity contribution in [2.45, 2.75) is 39.2 Å². The van der Waals surface area contributed by atoms with E-state index in [2.05, 4.69) is 20.5 Å². The van der Waals surface area contributed by atoms with Gasteiger partial charge in [-0.15, -0.1) is 0 Å². The highest BCUT2D eigenvalue weighted by atomic mass is 16.2. The number of rotatable bonds is 2. The van der Waals surface area contributed by atoms with Crippen LogP contribution in [0, 0.1) is 13.8 Å². The molecule has 0 bridgehead atoms. The maximum absolute atomic E-state index is 12.3. The van der Waals surface area contributed by atoms with Gasteiger partial charge in [0.05, 0.1) is 6.20 Å². The van der Waals surface area contributed by atoms with Crippen LogP contribution >= 0.6 is 0 Å². The maximum Gasteiger partial charge on any atom is 0.261 e. The number of aromatic amines is 2. The van der Waals surface area contributed by atoms with E-state index >= 15 is 0 Å². The molecule has 0 unspecified atom stereocenters. The molecule has 1 aliphatic rings. The molecule has 0 spiro atoms. The Hall–Kier alpha value is -2.37. The summed E-state index contributed by atoms with van der Waals surface area (Å²) in [6, 6.07) is 1.69. The minimum Gasteiger partial charge on any atom is -0.349 e. The van der Waals surface area contributed by atoms with E-state index in [0.717, 1.165) is 41.8 Å². The van der Waals surface area contributed by atoms with Crippen molar-refractivity contribution >= 4 is 5.91 Å². The lowest BCUT2D eigenvalue weighted by Gasteiger charge is -2.22. The number of hydrogen-bond donors (Lipinski definition) is 3. The van der Waals surface area contributed by atoms with Gasteiger partial charge >= 0.3 is 0 Å². The third-order valence-corrected chi connectivity index (χ3v) is 4.09. The second-order valence-electron chi connectivity index (χ2n) is 5.61. The molecule has 0 saturated heterocycles. The summed E-state index contributed by atoms with van der Waals surface area (Å²) in [6.07, 6.45) is 4.27. The van der Waals surface area contributed by atoms with Crippen LogP contribution in [0.3, 0.4) is 0 Å². The molecular weight excluding hydrogens is 268 g/mol. The normalized spacial score (nSPS) is 17.3. The number of carbonyl (C=O) groups excluding carboxylic acids is 1. The van der Waals surface area contributed by atoms with Crippen molar-refractivity contribution < 1.29 is 4.79 Å². The summed E-state index contributed by atoms with van der Waals surface area (Å²) in [5.41, 5.74) is 3.81. The summed E-state index contributed by atoms with van der Waals surface area (Å²) in [4.78, 5) is 26.9. The molecule has 1 aliphatic carbocycles. The molecule has 3 N–H and O–H groups in total. The number of nitrogens with zero attached hydrogens (tertiary/aromatic N) is 1. The first-order chi connectivity index (χ1) is 10.0. The van der Waals surface area contributed by atoms with Crippen LogP contribution in [-0.4, -0.2) is 27.1 Å². The van der Waals surface area contributed by atoms with Crippen LogP contribution in [0.5, 0.6) is 0 Å².